The highest BCUT2D eigenvalue weighted by atomic mass is 32.2. The standard InChI is InChI=1S/C19H21BN4S/c1-14(23-22)16-5-3-15(4-6-16)12-24(25-2)19-8-7-17-10-20(13-21)11-18(17)9-19/h3-9,23H,1,10-12,22H2,2H3. The summed E-state index contributed by atoms with van der Waals surface area (Å²) in [5.74, 6) is 7.80. The van der Waals surface area contributed by atoms with Crippen LogP contribution in [-0.4, -0.2) is 13.0 Å². The van der Waals surface area contributed by atoms with E-state index in [1.54, 1.807) is 11.9 Å². The smallest absolute Gasteiger partial charge is 0.276 e. The number of nitrogens with two attached hydrogens (primary N) is 1. The van der Waals surface area contributed by atoms with Crippen LogP contribution in [0.25, 0.3) is 5.70 Å². The van der Waals surface area contributed by atoms with Crippen molar-refractivity contribution in [2.45, 2.75) is 19.2 Å². The monoisotopic (exact) mass is 348 g/mol. The van der Waals surface area contributed by atoms with Crippen LogP contribution >= 0.6 is 11.9 Å². The van der Waals surface area contributed by atoms with E-state index in [0.717, 1.165) is 24.7 Å². The van der Waals surface area contributed by atoms with E-state index in [4.69, 9.17) is 11.1 Å². The van der Waals surface area contributed by atoms with Crippen LogP contribution in [0.5, 0.6) is 0 Å². The molecule has 1 heterocycles. The number of nitriles is 1. The average Bonchev–Trinajstić information content (AvgIpc) is 3.08. The van der Waals surface area contributed by atoms with Gasteiger partial charge < -0.3 is 9.73 Å². The molecule has 0 spiro atoms. The first kappa shape index (κ1) is 17.5. The van der Waals surface area contributed by atoms with Crippen LogP contribution in [0.2, 0.25) is 0 Å². The number of hydrogen-bond acceptors (Lipinski definition) is 5. The molecule has 2 aromatic carbocycles. The second kappa shape index (κ2) is 7.69. The molecule has 0 saturated heterocycles. The third-order valence-corrected chi connectivity index (χ3v) is 5.40. The number of anilines is 1. The van der Waals surface area contributed by atoms with Gasteiger partial charge in [0.05, 0.1) is 6.54 Å². The zero-order valence-corrected chi connectivity index (χ0v) is 15.1. The number of fused-ring (bicyclic) bond motifs is 1. The highest BCUT2D eigenvalue weighted by molar-refractivity contribution is 7.99. The van der Waals surface area contributed by atoms with E-state index in [1.165, 1.54) is 22.4 Å². The van der Waals surface area contributed by atoms with Gasteiger partial charge in [-0.2, -0.15) is 0 Å². The molecule has 0 atom stereocenters. The first-order chi connectivity index (χ1) is 12.1. The average molecular weight is 348 g/mol. The summed E-state index contributed by atoms with van der Waals surface area (Å²) < 4.78 is 2.27. The molecule has 3 rings (SSSR count). The number of hydrogen-bond donors (Lipinski definition) is 2. The Hall–Kier alpha value is -2.36. The van der Waals surface area contributed by atoms with Gasteiger partial charge in [-0.3, -0.25) is 5.84 Å². The predicted octanol–water partition coefficient (Wildman–Crippen LogP) is 3.14. The second-order valence-corrected chi connectivity index (χ2v) is 7.03. The van der Waals surface area contributed by atoms with Crippen molar-refractivity contribution in [3.8, 4) is 5.97 Å². The van der Waals surface area contributed by atoms with Crippen LogP contribution in [0.15, 0.2) is 49.0 Å². The van der Waals surface area contributed by atoms with Crippen molar-refractivity contribution in [2.75, 3.05) is 10.6 Å². The van der Waals surface area contributed by atoms with E-state index in [-0.39, 0.29) is 6.71 Å². The Morgan fingerprint density at radius 2 is 2.00 bits per heavy atom. The fraction of sp³-hybridized carbons (Fsp3) is 0.211. The van der Waals surface area contributed by atoms with Crippen LogP contribution in [0.3, 0.4) is 0 Å². The van der Waals surface area contributed by atoms with Gasteiger partial charge in [0.25, 0.3) is 6.71 Å². The predicted molar refractivity (Wildman–Crippen MR) is 108 cm³/mol. The van der Waals surface area contributed by atoms with Crippen LogP contribution in [0, 0.1) is 11.2 Å². The van der Waals surface area contributed by atoms with Gasteiger partial charge in [-0.25, -0.2) is 5.26 Å². The maximum Gasteiger partial charge on any atom is 0.276 e. The third-order valence-electron chi connectivity index (χ3n) is 4.62. The largest absolute Gasteiger partial charge is 0.324 e. The topological polar surface area (TPSA) is 65.1 Å². The molecule has 0 saturated carbocycles. The lowest BCUT2D eigenvalue weighted by molar-refractivity contribution is 0.993. The van der Waals surface area contributed by atoms with Gasteiger partial charge in [0.15, 0.2) is 0 Å². The Labute approximate surface area is 153 Å². The molecule has 1 aliphatic rings. The summed E-state index contributed by atoms with van der Waals surface area (Å²) in [5.41, 5.74) is 9.30. The molecule has 126 valence electrons. The molecule has 0 bridgehead atoms. The van der Waals surface area contributed by atoms with Gasteiger partial charge in [-0.05, 0) is 41.5 Å². The summed E-state index contributed by atoms with van der Waals surface area (Å²) in [6, 6.07) is 14.8. The minimum Gasteiger partial charge on any atom is -0.324 e. The van der Waals surface area contributed by atoms with Crippen molar-refractivity contribution >= 4 is 30.0 Å². The van der Waals surface area contributed by atoms with E-state index in [2.05, 4.69) is 58.9 Å². The van der Waals surface area contributed by atoms with Crippen LogP contribution in [-0.2, 0) is 19.2 Å². The molecule has 2 aromatic rings. The summed E-state index contributed by atoms with van der Waals surface area (Å²) in [4.78, 5) is 0. The first-order valence-corrected chi connectivity index (χ1v) is 9.40. The molecular weight excluding hydrogens is 327 g/mol. The third kappa shape index (κ3) is 3.84. The zero-order valence-electron chi connectivity index (χ0n) is 14.3. The lowest BCUT2D eigenvalue weighted by Gasteiger charge is -2.23. The van der Waals surface area contributed by atoms with Crippen molar-refractivity contribution in [3.63, 3.8) is 0 Å². The van der Waals surface area contributed by atoms with Gasteiger partial charge in [-0.15, -0.1) is 0 Å². The number of rotatable bonds is 6. The van der Waals surface area contributed by atoms with E-state index < -0.39 is 0 Å². The number of benzene rings is 2. The van der Waals surface area contributed by atoms with E-state index in [1.807, 2.05) is 12.1 Å². The van der Waals surface area contributed by atoms with Crippen molar-refractivity contribution < 1.29 is 0 Å². The molecule has 0 aliphatic carbocycles. The normalized spacial score (nSPS) is 12.4. The highest BCUT2D eigenvalue weighted by Crippen LogP contribution is 2.30. The highest BCUT2D eigenvalue weighted by Gasteiger charge is 2.25. The SMILES string of the molecule is C=C(NN)c1ccc(CN(SC)c2ccc3c(c2)CB(C#N)C3)cc1. The molecule has 6 heteroatoms. The molecule has 4 nitrogen and oxygen atoms in total. The summed E-state index contributed by atoms with van der Waals surface area (Å²) in [6.07, 6.45) is 3.83. The Balaban J connectivity index is 1.75. The maximum absolute atomic E-state index is 9.15. The molecule has 1 aliphatic heterocycles. The van der Waals surface area contributed by atoms with E-state index in [0.29, 0.717) is 5.70 Å². The quantitative estimate of drug-likeness (QED) is 0.363. The van der Waals surface area contributed by atoms with Gasteiger partial charge in [-0.1, -0.05) is 54.4 Å². The van der Waals surface area contributed by atoms with Crippen LogP contribution in [0.1, 0.15) is 22.3 Å². The van der Waals surface area contributed by atoms with Crippen molar-refractivity contribution in [1.82, 2.24) is 5.43 Å². The molecular formula is C19H21BN4S. The molecule has 0 radical (unpaired) electrons. The van der Waals surface area contributed by atoms with Crippen molar-refractivity contribution in [1.29, 1.82) is 5.26 Å². The molecule has 3 N–H and O–H groups in total. The van der Waals surface area contributed by atoms with E-state index in [9.17, 15) is 0 Å². The molecule has 0 aromatic heterocycles. The van der Waals surface area contributed by atoms with Crippen LogP contribution in [0.4, 0.5) is 5.69 Å². The van der Waals surface area contributed by atoms with Crippen molar-refractivity contribution in [2.24, 2.45) is 5.84 Å². The Kier molecular flexibility index (Phi) is 5.37. The van der Waals surface area contributed by atoms with Gasteiger partial charge in [0, 0.05) is 23.6 Å². The second-order valence-electron chi connectivity index (χ2n) is 6.23. The van der Waals surface area contributed by atoms with Gasteiger partial charge in [0.2, 0.25) is 0 Å². The summed E-state index contributed by atoms with van der Waals surface area (Å²) in [5, 5.41) is 9.15. The Morgan fingerprint density at radius 1 is 1.28 bits per heavy atom. The zero-order chi connectivity index (χ0) is 17.8. The summed E-state index contributed by atoms with van der Waals surface area (Å²) >= 11 is 1.70. The fourth-order valence-electron chi connectivity index (χ4n) is 3.17. The lowest BCUT2D eigenvalue weighted by atomic mass is 9.49. The summed E-state index contributed by atoms with van der Waals surface area (Å²) in [6.45, 7) is 4.81. The number of nitrogens with zero attached hydrogens (tertiary/aromatic N) is 2. The maximum atomic E-state index is 9.15. The molecule has 25 heavy (non-hydrogen) atoms. The summed E-state index contributed by atoms with van der Waals surface area (Å²) in [7, 11) is 0. The van der Waals surface area contributed by atoms with Gasteiger partial charge >= 0.3 is 0 Å². The minimum atomic E-state index is 0.129. The van der Waals surface area contributed by atoms with Gasteiger partial charge in [0.1, 0.15) is 0 Å². The van der Waals surface area contributed by atoms with E-state index >= 15 is 0 Å². The van der Waals surface area contributed by atoms with Crippen LogP contribution < -0.4 is 15.6 Å². The van der Waals surface area contributed by atoms with Crippen molar-refractivity contribution in [3.05, 3.63) is 71.3 Å². The molecule has 0 fully saturated rings. The molecule has 0 amide bonds. The minimum absolute atomic E-state index is 0.129. The lowest BCUT2D eigenvalue weighted by Crippen LogP contribution is -2.19. The number of hydrazine groups is 1. The molecule has 0 unspecified atom stereocenters. The number of nitrogens with one attached hydrogen (secondary N) is 1. The fourth-order valence-corrected chi connectivity index (χ4v) is 3.78. The first-order valence-electron chi connectivity index (χ1n) is 8.22. The Bertz CT molecular complexity index is 813. The Morgan fingerprint density at radius 3 is 2.64 bits per heavy atom.